The first-order valence-corrected chi connectivity index (χ1v) is 6.26. The molecule has 1 saturated carbocycles. The Morgan fingerprint density at radius 2 is 2.38 bits per heavy atom. The second-order valence-electron chi connectivity index (χ2n) is 3.96. The summed E-state index contributed by atoms with van der Waals surface area (Å²) in [5.74, 6) is 0. The van der Waals surface area contributed by atoms with Crippen molar-refractivity contribution in [3.05, 3.63) is 12.2 Å². The molecule has 1 nitrogen and oxygen atoms in total. The van der Waals surface area contributed by atoms with Crippen LogP contribution in [0.15, 0.2) is 17.1 Å². The summed E-state index contributed by atoms with van der Waals surface area (Å²) in [6, 6.07) is 0.676. The number of hydrogen-bond acceptors (Lipinski definition) is 1. The molecular weight excluding hydrogens is 273 g/mol. The van der Waals surface area contributed by atoms with E-state index in [0.29, 0.717) is 6.04 Å². The molecule has 0 spiro atoms. The van der Waals surface area contributed by atoms with Crippen molar-refractivity contribution in [2.24, 2.45) is 4.99 Å². The number of hydrogen-bond donors (Lipinski definition) is 0. The number of rotatable bonds is 3. The van der Waals surface area contributed by atoms with Crippen molar-refractivity contribution < 1.29 is 0 Å². The van der Waals surface area contributed by atoms with Gasteiger partial charge in [0.25, 0.3) is 0 Å². The van der Waals surface area contributed by atoms with Crippen LogP contribution < -0.4 is 0 Å². The molecule has 72 valence electrons. The highest BCUT2D eigenvalue weighted by molar-refractivity contribution is 14.1. The third-order valence-corrected chi connectivity index (χ3v) is 4.28. The fourth-order valence-corrected chi connectivity index (χ4v) is 2.89. The molecule has 2 heteroatoms. The summed E-state index contributed by atoms with van der Waals surface area (Å²) in [6.07, 6.45) is 10.9. The number of halogens is 1. The lowest BCUT2D eigenvalue weighted by molar-refractivity contribution is 0.853. The molecule has 0 aliphatic heterocycles. The number of aliphatic imine (C=N–C) groups is 1. The Kier molecular flexibility index (Phi) is 2.77. The van der Waals surface area contributed by atoms with Gasteiger partial charge in [-0.25, -0.2) is 0 Å². The zero-order valence-electron chi connectivity index (χ0n) is 8.09. The van der Waals surface area contributed by atoms with Gasteiger partial charge in [0.2, 0.25) is 0 Å². The van der Waals surface area contributed by atoms with Crippen LogP contribution in [-0.2, 0) is 0 Å². The van der Waals surface area contributed by atoms with E-state index in [-0.39, 0.29) is 3.42 Å². The average Bonchev–Trinajstić information content (AvgIpc) is 2.84. The first-order chi connectivity index (χ1) is 6.24. The quantitative estimate of drug-likeness (QED) is 0.326. The maximum Gasteiger partial charge on any atom is 0.0780 e. The molecule has 0 saturated heterocycles. The van der Waals surface area contributed by atoms with Gasteiger partial charge in [-0.3, -0.25) is 4.99 Å². The Hall–Kier alpha value is 0.140. The first-order valence-electron chi connectivity index (χ1n) is 5.18. The second kappa shape index (κ2) is 3.71. The molecule has 0 radical (unpaired) electrons. The Labute approximate surface area is 93.8 Å². The lowest BCUT2D eigenvalue weighted by atomic mass is 10.0. The van der Waals surface area contributed by atoms with E-state index in [1.165, 1.54) is 31.4 Å². The Bertz CT molecular complexity index is 253. The molecule has 0 aromatic carbocycles. The topological polar surface area (TPSA) is 12.4 Å². The van der Waals surface area contributed by atoms with E-state index in [1.54, 1.807) is 0 Å². The van der Waals surface area contributed by atoms with E-state index in [1.807, 2.05) is 0 Å². The Morgan fingerprint density at radius 3 is 2.85 bits per heavy atom. The summed E-state index contributed by atoms with van der Waals surface area (Å²) in [4.78, 5) is 4.82. The van der Waals surface area contributed by atoms with Crippen LogP contribution in [0.25, 0.3) is 0 Å². The molecule has 2 rings (SSSR count). The van der Waals surface area contributed by atoms with Gasteiger partial charge < -0.3 is 0 Å². The first kappa shape index (κ1) is 9.69. The van der Waals surface area contributed by atoms with Crippen molar-refractivity contribution >= 4 is 28.3 Å². The second-order valence-corrected chi connectivity index (χ2v) is 5.89. The highest BCUT2D eigenvalue weighted by atomic mass is 127. The van der Waals surface area contributed by atoms with Crippen molar-refractivity contribution in [1.82, 2.24) is 0 Å². The zero-order chi connectivity index (χ0) is 9.31. The fourth-order valence-electron chi connectivity index (χ4n) is 1.80. The van der Waals surface area contributed by atoms with Crippen molar-refractivity contribution in [2.75, 3.05) is 0 Å². The summed E-state index contributed by atoms with van der Waals surface area (Å²) in [7, 11) is 0. The molecule has 0 heterocycles. The standard InChI is InChI=1S/C11H16IN/c1-2-10(13-9-5-6-9)11(12)7-3-4-8-11/h3,7,9H,2,4-6,8H2,1H3. The normalized spacial score (nSPS) is 34.2. The number of nitrogens with zero attached hydrogens (tertiary/aromatic N) is 1. The van der Waals surface area contributed by atoms with Crippen LogP contribution in [0.3, 0.4) is 0 Å². The third-order valence-electron chi connectivity index (χ3n) is 2.76. The van der Waals surface area contributed by atoms with Gasteiger partial charge in [-0.05, 0) is 32.1 Å². The SMILES string of the molecule is CCC(=NC1CC1)C1(I)C=CCC1. The van der Waals surface area contributed by atoms with Crippen LogP contribution in [0.2, 0.25) is 0 Å². The van der Waals surface area contributed by atoms with Gasteiger partial charge in [0.05, 0.1) is 9.46 Å². The molecule has 1 fully saturated rings. The molecular formula is C11H16IN. The number of alkyl halides is 1. The van der Waals surface area contributed by atoms with Crippen LogP contribution in [0.1, 0.15) is 39.0 Å². The minimum Gasteiger partial charge on any atom is -0.289 e. The van der Waals surface area contributed by atoms with Gasteiger partial charge in [-0.1, -0.05) is 41.7 Å². The fraction of sp³-hybridized carbons (Fsp3) is 0.727. The molecule has 2 aliphatic carbocycles. The van der Waals surface area contributed by atoms with Crippen molar-refractivity contribution in [3.8, 4) is 0 Å². The van der Waals surface area contributed by atoms with E-state index < -0.39 is 0 Å². The third kappa shape index (κ3) is 2.14. The Balaban J connectivity index is 2.14. The minimum absolute atomic E-state index is 0.273. The van der Waals surface area contributed by atoms with Gasteiger partial charge in [0.15, 0.2) is 0 Å². The maximum absolute atomic E-state index is 4.82. The predicted octanol–water partition coefficient (Wildman–Crippen LogP) is 3.52. The van der Waals surface area contributed by atoms with E-state index in [9.17, 15) is 0 Å². The van der Waals surface area contributed by atoms with Crippen molar-refractivity contribution in [1.29, 1.82) is 0 Å². The van der Waals surface area contributed by atoms with Gasteiger partial charge >= 0.3 is 0 Å². The highest BCUT2D eigenvalue weighted by Crippen LogP contribution is 2.37. The summed E-state index contributed by atoms with van der Waals surface area (Å²) in [5, 5.41) is 0. The largest absolute Gasteiger partial charge is 0.289 e. The van der Waals surface area contributed by atoms with Crippen molar-refractivity contribution in [3.63, 3.8) is 0 Å². The Morgan fingerprint density at radius 1 is 1.62 bits per heavy atom. The lowest BCUT2D eigenvalue weighted by Crippen LogP contribution is -2.27. The lowest BCUT2D eigenvalue weighted by Gasteiger charge is -2.21. The maximum atomic E-state index is 4.82. The number of allylic oxidation sites excluding steroid dienone is 2. The van der Waals surface area contributed by atoms with Crippen LogP contribution >= 0.6 is 22.6 Å². The van der Waals surface area contributed by atoms with Gasteiger partial charge in [-0.2, -0.15) is 0 Å². The smallest absolute Gasteiger partial charge is 0.0780 e. The molecule has 1 unspecified atom stereocenters. The van der Waals surface area contributed by atoms with Crippen LogP contribution in [0.5, 0.6) is 0 Å². The molecule has 2 aliphatic rings. The van der Waals surface area contributed by atoms with E-state index in [4.69, 9.17) is 4.99 Å². The van der Waals surface area contributed by atoms with Gasteiger partial charge in [-0.15, -0.1) is 0 Å². The minimum atomic E-state index is 0.273. The van der Waals surface area contributed by atoms with E-state index in [2.05, 4.69) is 41.7 Å². The molecule has 0 aromatic heterocycles. The van der Waals surface area contributed by atoms with E-state index >= 15 is 0 Å². The summed E-state index contributed by atoms with van der Waals surface area (Å²) in [5.41, 5.74) is 1.42. The van der Waals surface area contributed by atoms with E-state index in [0.717, 1.165) is 6.42 Å². The highest BCUT2D eigenvalue weighted by Gasteiger charge is 2.33. The van der Waals surface area contributed by atoms with Crippen LogP contribution in [-0.4, -0.2) is 15.2 Å². The van der Waals surface area contributed by atoms with Crippen LogP contribution in [0, 0.1) is 0 Å². The predicted molar refractivity (Wildman–Crippen MR) is 65.9 cm³/mol. The van der Waals surface area contributed by atoms with Gasteiger partial charge in [0, 0.05) is 5.71 Å². The van der Waals surface area contributed by atoms with Crippen LogP contribution in [0.4, 0.5) is 0 Å². The molecule has 0 aromatic rings. The van der Waals surface area contributed by atoms with Crippen molar-refractivity contribution in [2.45, 2.75) is 48.5 Å². The molecule has 1 atom stereocenters. The average molecular weight is 289 g/mol. The monoisotopic (exact) mass is 289 g/mol. The summed E-state index contributed by atoms with van der Waals surface area (Å²) < 4.78 is 0.273. The summed E-state index contributed by atoms with van der Waals surface area (Å²) in [6.45, 7) is 2.23. The summed E-state index contributed by atoms with van der Waals surface area (Å²) >= 11 is 2.57. The van der Waals surface area contributed by atoms with Gasteiger partial charge in [0.1, 0.15) is 0 Å². The molecule has 0 amide bonds. The molecule has 0 N–H and O–H groups in total. The molecule has 13 heavy (non-hydrogen) atoms. The molecule has 0 bridgehead atoms. The zero-order valence-corrected chi connectivity index (χ0v) is 10.3.